The zero-order valence-electron chi connectivity index (χ0n) is 24.3. The number of carbonyl (C=O) groups is 1. The highest BCUT2D eigenvalue weighted by Gasteiger charge is 2.34. The zero-order valence-corrected chi connectivity index (χ0v) is 24.3. The number of pyridine rings is 1. The Bertz CT molecular complexity index is 1640. The zero-order chi connectivity index (χ0) is 30.0. The van der Waals surface area contributed by atoms with Gasteiger partial charge in [0, 0.05) is 47.3 Å². The Balaban J connectivity index is 1.52. The number of nitro benzene ring substituents is 1. The lowest BCUT2D eigenvalue weighted by molar-refractivity contribution is -0.384. The van der Waals surface area contributed by atoms with Crippen LogP contribution in [0.1, 0.15) is 54.6 Å². The van der Waals surface area contributed by atoms with Gasteiger partial charge in [-0.25, -0.2) is 4.79 Å². The molecule has 1 unspecified atom stereocenters. The van der Waals surface area contributed by atoms with Crippen molar-refractivity contribution in [2.24, 2.45) is 0 Å². The number of nitrogens with zero attached hydrogens (tertiary/aromatic N) is 2. The number of hydrogen-bond donors (Lipinski definition) is 1. The molecule has 0 spiro atoms. The monoisotopic (exact) mass is 567 g/mol. The summed E-state index contributed by atoms with van der Waals surface area (Å²) in [6.45, 7) is 8.41. The molecular weight excluding hydrogens is 534 g/mol. The summed E-state index contributed by atoms with van der Waals surface area (Å²) in [4.78, 5) is 27.6. The van der Waals surface area contributed by atoms with Gasteiger partial charge in [0.15, 0.2) is 0 Å². The highest BCUT2D eigenvalue weighted by molar-refractivity contribution is 5.90. The number of rotatable bonds is 8. The number of aromatic nitrogens is 1. The van der Waals surface area contributed by atoms with E-state index in [9.17, 15) is 14.9 Å². The fraction of sp³-hybridized carbons (Fsp3) is 0.273. The SMILES string of the molecule is COc1cc(OC(=O)c2cccnc2)ccc1C1CC=C2NC(C)(C)C=C(C)C2=C1COc1cc([N+](=O)[O-])ccc1C. The van der Waals surface area contributed by atoms with E-state index >= 15 is 0 Å². The van der Waals surface area contributed by atoms with E-state index in [0.29, 0.717) is 29.2 Å². The van der Waals surface area contributed by atoms with Crippen molar-refractivity contribution in [3.8, 4) is 17.2 Å². The molecule has 1 aliphatic heterocycles. The number of hydrogen-bond acceptors (Lipinski definition) is 8. The number of carbonyl (C=O) groups excluding carboxylic acids is 1. The molecule has 0 bridgehead atoms. The number of fused-ring (bicyclic) bond motifs is 1. The second-order valence-electron chi connectivity index (χ2n) is 11.0. The second-order valence-corrected chi connectivity index (χ2v) is 11.0. The molecule has 0 radical (unpaired) electrons. The maximum absolute atomic E-state index is 12.6. The van der Waals surface area contributed by atoms with Crippen molar-refractivity contribution < 1.29 is 23.9 Å². The summed E-state index contributed by atoms with van der Waals surface area (Å²) in [5.41, 5.74) is 6.06. The van der Waals surface area contributed by atoms with Gasteiger partial charge in [-0.2, -0.15) is 0 Å². The number of ether oxygens (including phenoxy) is 3. The summed E-state index contributed by atoms with van der Waals surface area (Å²) in [5.74, 6) is 0.757. The number of esters is 1. The Kier molecular flexibility index (Phi) is 7.85. The fourth-order valence-corrected chi connectivity index (χ4v) is 5.60. The van der Waals surface area contributed by atoms with E-state index in [0.717, 1.165) is 33.5 Å². The molecule has 1 aromatic heterocycles. The first-order valence-electron chi connectivity index (χ1n) is 13.7. The van der Waals surface area contributed by atoms with Crippen LogP contribution >= 0.6 is 0 Å². The summed E-state index contributed by atoms with van der Waals surface area (Å²) >= 11 is 0. The van der Waals surface area contributed by atoms with Gasteiger partial charge in [-0.3, -0.25) is 15.1 Å². The normalized spacial score (nSPS) is 17.3. The number of allylic oxidation sites excluding steroid dienone is 2. The summed E-state index contributed by atoms with van der Waals surface area (Å²) in [7, 11) is 1.58. The Morgan fingerprint density at radius 2 is 1.95 bits per heavy atom. The molecular formula is C33H33N3O6. The number of nitro groups is 1. The second kappa shape index (κ2) is 11.5. The molecule has 2 heterocycles. The molecule has 42 heavy (non-hydrogen) atoms. The van der Waals surface area contributed by atoms with Crippen LogP contribution in [-0.2, 0) is 0 Å². The van der Waals surface area contributed by atoms with Crippen LogP contribution in [0.15, 0.2) is 95.5 Å². The van der Waals surface area contributed by atoms with Crippen molar-refractivity contribution in [1.82, 2.24) is 10.3 Å². The number of non-ortho nitro benzene ring substituents is 1. The summed E-state index contributed by atoms with van der Waals surface area (Å²) in [6.07, 6.45) is 8.10. The molecule has 9 heteroatoms. The largest absolute Gasteiger partial charge is 0.496 e. The van der Waals surface area contributed by atoms with Crippen LogP contribution in [0.25, 0.3) is 0 Å². The first-order valence-corrected chi connectivity index (χ1v) is 13.7. The van der Waals surface area contributed by atoms with Gasteiger partial charge in [0.1, 0.15) is 23.9 Å². The van der Waals surface area contributed by atoms with E-state index in [2.05, 4.69) is 43.2 Å². The molecule has 0 fully saturated rings. The van der Waals surface area contributed by atoms with Crippen LogP contribution in [0.4, 0.5) is 5.69 Å². The fourth-order valence-electron chi connectivity index (χ4n) is 5.60. The van der Waals surface area contributed by atoms with Gasteiger partial charge in [0.2, 0.25) is 0 Å². The van der Waals surface area contributed by atoms with Crippen LogP contribution in [0.2, 0.25) is 0 Å². The van der Waals surface area contributed by atoms with Crippen molar-refractivity contribution in [1.29, 1.82) is 0 Å². The van der Waals surface area contributed by atoms with Crippen molar-refractivity contribution >= 4 is 11.7 Å². The molecule has 0 saturated carbocycles. The third-order valence-electron chi connectivity index (χ3n) is 7.45. The molecule has 1 aliphatic carbocycles. The topological polar surface area (TPSA) is 113 Å². The van der Waals surface area contributed by atoms with E-state index in [1.807, 2.05) is 13.0 Å². The van der Waals surface area contributed by atoms with Crippen LogP contribution in [-0.4, -0.2) is 35.1 Å². The number of methoxy groups -OCH3 is 1. The van der Waals surface area contributed by atoms with Gasteiger partial charge in [0.25, 0.3) is 5.69 Å². The van der Waals surface area contributed by atoms with Crippen LogP contribution < -0.4 is 19.5 Å². The molecule has 2 aromatic carbocycles. The summed E-state index contributed by atoms with van der Waals surface area (Å²) in [6, 6.07) is 13.3. The van der Waals surface area contributed by atoms with Crippen LogP contribution in [0.3, 0.4) is 0 Å². The molecule has 216 valence electrons. The Hall–Kier alpha value is -4.92. The van der Waals surface area contributed by atoms with Gasteiger partial charge in [0.05, 0.1) is 29.2 Å². The lowest BCUT2D eigenvalue weighted by Gasteiger charge is -2.38. The van der Waals surface area contributed by atoms with Gasteiger partial charge >= 0.3 is 5.97 Å². The molecule has 0 amide bonds. The molecule has 5 rings (SSSR count). The minimum Gasteiger partial charge on any atom is -0.496 e. The Labute approximate surface area is 244 Å². The number of aryl methyl sites for hydroxylation is 1. The van der Waals surface area contributed by atoms with Crippen molar-refractivity contribution in [3.05, 3.63) is 122 Å². The average Bonchev–Trinajstić information content (AvgIpc) is 2.96. The molecule has 3 aromatic rings. The average molecular weight is 568 g/mol. The lowest BCUT2D eigenvalue weighted by Crippen LogP contribution is -2.42. The highest BCUT2D eigenvalue weighted by Crippen LogP contribution is 2.45. The van der Waals surface area contributed by atoms with Crippen LogP contribution in [0, 0.1) is 17.0 Å². The third kappa shape index (κ3) is 5.90. The van der Waals surface area contributed by atoms with Crippen molar-refractivity contribution in [3.63, 3.8) is 0 Å². The van der Waals surface area contributed by atoms with Crippen molar-refractivity contribution in [2.45, 2.75) is 45.6 Å². The van der Waals surface area contributed by atoms with Crippen molar-refractivity contribution in [2.75, 3.05) is 13.7 Å². The number of benzene rings is 2. The van der Waals surface area contributed by atoms with E-state index in [1.165, 1.54) is 18.3 Å². The molecule has 1 N–H and O–H groups in total. The highest BCUT2D eigenvalue weighted by atomic mass is 16.6. The molecule has 9 nitrogen and oxygen atoms in total. The maximum atomic E-state index is 12.6. The minimum absolute atomic E-state index is 0.0238. The summed E-state index contributed by atoms with van der Waals surface area (Å²) < 4.78 is 17.7. The van der Waals surface area contributed by atoms with Gasteiger partial charge in [-0.05, 0) is 75.1 Å². The smallest absolute Gasteiger partial charge is 0.345 e. The lowest BCUT2D eigenvalue weighted by atomic mass is 9.76. The third-order valence-corrected chi connectivity index (χ3v) is 7.45. The predicted octanol–water partition coefficient (Wildman–Crippen LogP) is 6.60. The Morgan fingerprint density at radius 1 is 1.14 bits per heavy atom. The summed E-state index contributed by atoms with van der Waals surface area (Å²) in [5, 5.41) is 15.0. The van der Waals surface area contributed by atoms with E-state index in [1.54, 1.807) is 43.6 Å². The number of nitrogens with one attached hydrogen (secondary N) is 1. The quantitative estimate of drug-likeness (QED) is 0.140. The van der Waals surface area contributed by atoms with Gasteiger partial charge in [-0.15, -0.1) is 0 Å². The molecule has 0 saturated heterocycles. The first kappa shape index (κ1) is 28.6. The van der Waals surface area contributed by atoms with Crippen LogP contribution in [0.5, 0.6) is 17.2 Å². The van der Waals surface area contributed by atoms with Gasteiger partial charge < -0.3 is 19.5 Å². The Morgan fingerprint density at radius 3 is 2.67 bits per heavy atom. The molecule has 1 atom stereocenters. The first-order chi connectivity index (χ1) is 20.1. The minimum atomic E-state index is -0.511. The van der Waals surface area contributed by atoms with E-state index in [4.69, 9.17) is 14.2 Å². The van der Waals surface area contributed by atoms with E-state index in [-0.39, 0.29) is 23.8 Å². The van der Waals surface area contributed by atoms with E-state index < -0.39 is 10.9 Å². The predicted molar refractivity (Wildman–Crippen MR) is 159 cm³/mol. The molecule has 2 aliphatic rings. The standard InChI is InChI=1S/C33H33N3O6/c1-20-8-9-23(36(38)39)15-29(20)41-19-27-25(12-13-28-31(27)21(2)17-33(3,4)35-28)26-11-10-24(16-30(26)40-5)42-32(37)22-7-6-14-34-18-22/h6-11,13-18,25,35H,12,19H2,1-5H3. The van der Waals surface area contributed by atoms with Gasteiger partial charge in [-0.1, -0.05) is 18.2 Å². The maximum Gasteiger partial charge on any atom is 0.345 e.